The summed E-state index contributed by atoms with van der Waals surface area (Å²) in [4.78, 5) is 49.3. The zero-order valence-electron chi connectivity index (χ0n) is 18.3. The summed E-state index contributed by atoms with van der Waals surface area (Å²) in [6, 6.07) is 16.8. The van der Waals surface area contributed by atoms with E-state index < -0.39 is 28.4 Å². The number of nitrogens with one attached hydrogen (secondary N) is 1. The maximum Gasteiger partial charge on any atom is 0.300 e. The number of Topliss-reactive ketones (excluding diaryl/α,β-unsaturated/α-hetero) is 1. The van der Waals surface area contributed by atoms with E-state index in [-0.39, 0.29) is 22.7 Å². The minimum atomic E-state index is -0.992. The number of hydrogen-bond acceptors (Lipinski definition) is 6. The van der Waals surface area contributed by atoms with Crippen LogP contribution in [0.1, 0.15) is 24.1 Å². The van der Waals surface area contributed by atoms with E-state index in [4.69, 9.17) is 11.6 Å². The molecule has 9 nitrogen and oxygen atoms in total. The maximum atomic E-state index is 13.2. The van der Waals surface area contributed by atoms with Crippen LogP contribution in [0, 0.1) is 10.1 Å². The minimum Gasteiger partial charge on any atom is -0.507 e. The minimum absolute atomic E-state index is 0.147. The second-order valence-corrected chi connectivity index (χ2v) is 8.19. The molecule has 2 amide bonds. The maximum absolute atomic E-state index is 13.2. The third-order valence-electron chi connectivity index (χ3n) is 5.45. The number of anilines is 2. The lowest BCUT2D eigenvalue weighted by molar-refractivity contribution is -0.384. The lowest BCUT2D eigenvalue weighted by Gasteiger charge is -2.25. The molecule has 0 aromatic heterocycles. The SMILES string of the molecule is CC(=O)Nc1ccc(N2C(=O)C(=O)/C(=C(/O)c3ccc([N+](=O)[O-])cc3)C2c2ccc(Cl)cc2)cc1. The fraction of sp³-hybridized carbons (Fsp3) is 0.0800. The summed E-state index contributed by atoms with van der Waals surface area (Å²) in [5, 5.41) is 25.1. The van der Waals surface area contributed by atoms with Gasteiger partial charge in [0.25, 0.3) is 17.4 Å². The molecular weight excluding hydrogens is 474 g/mol. The third kappa shape index (κ3) is 4.62. The van der Waals surface area contributed by atoms with Crippen molar-refractivity contribution in [3.05, 3.63) is 105 Å². The van der Waals surface area contributed by atoms with Crippen LogP contribution in [0.3, 0.4) is 0 Å². The molecule has 0 saturated carbocycles. The van der Waals surface area contributed by atoms with Crippen molar-refractivity contribution in [3.63, 3.8) is 0 Å². The molecule has 2 N–H and O–H groups in total. The van der Waals surface area contributed by atoms with Gasteiger partial charge in [-0.15, -0.1) is 0 Å². The molecule has 1 saturated heterocycles. The first-order chi connectivity index (χ1) is 16.7. The smallest absolute Gasteiger partial charge is 0.300 e. The van der Waals surface area contributed by atoms with E-state index in [1.807, 2.05) is 0 Å². The number of nitro groups is 1. The number of amides is 2. The number of aliphatic hydroxyl groups excluding tert-OH is 1. The Morgan fingerprint density at radius 1 is 1.00 bits per heavy atom. The summed E-state index contributed by atoms with van der Waals surface area (Å²) in [7, 11) is 0. The Morgan fingerprint density at radius 3 is 2.14 bits per heavy atom. The lowest BCUT2D eigenvalue weighted by Crippen LogP contribution is -2.29. The molecule has 1 fully saturated rings. The van der Waals surface area contributed by atoms with Crippen LogP contribution in [0.2, 0.25) is 5.02 Å². The van der Waals surface area contributed by atoms with Crippen LogP contribution in [0.4, 0.5) is 17.1 Å². The molecule has 1 aliphatic heterocycles. The molecule has 0 spiro atoms. The molecule has 0 bridgehead atoms. The number of benzene rings is 3. The van der Waals surface area contributed by atoms with Gasteiger partial charge in [0, 0.05) is 41.0 Å². The van der Waals surface area contributed by atoms with Crippen molar-refractivity contribution in [2.45, 2.75) is 13.0 Å². The molecule has 1 unspecified atom stereocenters. The van der Waals surface area contributed by atoms with E-state index >= 15 is 0 Å². The summed E-state index contributed by atoms with van der Waals surface area (Å²) in [5.74, 6) is -2.49. The van der Waals surface area contributed by atoms with E-state index in [1.165, 1.54) is 36.1 Å². The average molecular weight is 492 g/mol. The van der Waals surface area contributed by atoms with Crippen LogP contribution in [0.15, 0.2) is 78.4 Å². The second-order valence-electron chi connectivity index (χ2n) is 7.75. The molecule has 10 heteroatoms. The van der Waals surface area contributed by atoms with Crippen LogP contribution in [-0.4, -0.2) is 27.6 Å². The van der Waals surface area contributed by atoms with Gasteiger partial charge in [0.15, 0.2) is 0 Å². The van der Waals surface area contributed by atoms with Crippen LogP contribution in [0.5, 0.6) is 0 Å². The normalized spacial score (nSPS) is 16.9. The molecule has 3 aromatic rings. The number of ketones is 1. The molecule has 0 aliphatic carbocycles. The fourth-order valence-electron chi connectivity index (χ4n) is 3.86. The first kappa shape index (κ1) is 23.7. The van der Waals surface area contributed by atoms with Gasteiger partial charge in [-0.05, 0) is 54.1 Å². The number of nitrogens with zero attached hydrogens (tertiary/aromatic N) is 2. The van der Waals surface area contributed by atoms with E-state index in [9.17, 15) is 29.6 Å². The quantitative estimate of drug-likeness (QED) is 0.173. The number of non-ortho nitro benzene ring substituents is 1. The van der Waals surface area contributed by atoms with Crippen molar-refractivity contribution in [3.8, 4) is 0 Å². The topological polar surface area (TPSA) is 130 Å². The van der Waals surface area contributed by atoms with Crippen molar-refractivity contribution in [1.29, 1.82) is 0 Å². The number of carbonyl (C=O) groups is 3. The highest BCUT2D eigenvalue weighted by Gasteiger charge is 2.47. The van der Waals surface area contributed by atoms with Crippen molar-refractivity contribution in [1.82, 2.24) is 0 Å². The third-order valence-corrected chi connectivity index (χ3v) is 5.70. The molecule has 1 aliphatic rings. The second kappa shape index (κ2) is 9.40. The summed E-state index contributed by atoms with van der Waals surface area (Å²) >= 11 is 6.02. The summed E-state index contributed by atoms with van der Waals surface area (Å²) in [6.07, 6.45) is 0. The predicted octanol–water partition coefficient (Wildman–Crippen LogP) is 4.83. The first-order valence-corrected chi connectivity index (χ1v) is 10.7. The molecule has 1 atom stereocenters. The van der Waals surface area contributed by atoms with Crippen LogP contribution in [-0.2, 0) is 14.4 Å². The average Bonchev–Trinajstić information content (AvgIpc) is 3.10. The van der Waals surface area contributed by atoms with Crippen molar-refractivity contribution in [2.24, 2.45) is 0 Å². The molecule has 35 heavy (non-hydrogen) atoms. The van der Waals surface area contributed by atoms with Gasteiger partial charge in [-0.1, -0.05) is 23.7 Å². The zero-order valence-corrected chi connectivity index (χ0v) is 19.0. The van der Waals surface area contributed by atoms with E-state index in [2.05, 4.69) is 5.32 Å². The highest BCUT2D eigenvalue weighted by Crippen LogP contribution is 2.42. The zero-order chi connectivity index (χ0) is 25.3. The number of carbonyl (C=O) groups excluding carboxylic acids is 3. The van der Waals surface area contributed by atoms with Crippen LogP contribution >= 0.6 is 11.6 Å². The Morgan fingerprint density at radius 2 is 1.60 bits per heavy atom. The van der Waals surface area contributed by atoms with E-state index in [0.29, 0.717) is 22.0 Å². The summed E-state index contributed by atoms with van der Waals surface area (Å²) < 4.78 is 0. The van der Waals surface area contributed by atoms with Gasteiger partial charge in [0.05, 0.1) is 16.5 Å². The van der Waals surface area contributed by atoms with Gasteiger partial charge in [-0.25, -0.2) is 0 Å². The number of nitro benzene ring substituents is 1. The molecule has 1 heterocycles. The summed E-state index contributed by atoms with van der Waals surface area (Å²) in [5.41, 5.74) is 1.18. The van der Waals surface area contributed by atoms with E-state index in [1.54, 1.807) is 48.5 Å². The number of rotatable bonds is 5. The van der Waals surface area contributed by atoms with E-state index in [0.717, 1.165) is 0 Å². The van der Waals surface area contributed by atoms with Gasteiger partial charge in [0.2, 0.25) is 5.91 Å². The van der Waals surface area contributed by atoms with Crippen molar-refractivity contribution in [2.75, 3.05) is 10.2 Å². The van der Waals surface area contributed by atoms with Gasteiger partial charge in [-0.2, -0.15) is 0 Å². The van der Waals surface area contributed by atoms with Gasteiger partial charge in [0.1, 0.15) is 5.76 Å². The Hall–Kier alpha value is -4.50. The van der Waals surface area contributed by atoms with Gasteiger partial charge in [-0.3, -0.25) is 29.4 Å². The molecule has 176 valence electrons. The Balaban J connectivity index is 1.85. The highest BCUT2D eigenvalue weighted by atomic mass is 35.5. The lowest BCUT2D eigenvalue weighted by atomic mass is 9.95. The van der Waals surface area contributed by atoms with Gasteiger partial charge >= 0.3 is 0 Å². The van der Waals surface area contributed by atoms with Gasteiger partial charge < -0.3 is 10.4 Å². The Bertz CT molecular complexity index is 1370. The molecule has 4 rings (SSSR count). The standard InChI is InChI=1S/C25H18ClN3O6/c1-14(30)27-18-8-12-19(13-9-18)28-22(15-2-6-17(26)7-3-15)21(24(32)25(28)33)23(31)16-4-10-20(11-5-16)29(34)35/h2-13,22,31H,1H3,(H,27,30)/b23-21+. The van der Waals surface area contributed by atoms with Crippen LogP contribution in [0.25, 0.3) is 5.76 Å². The number of hydrogen-bond donors (Lipinski definition) is 2. The van der Waals surface area contributed by atoms with Crippen LogP contribution < -0.4 is 10.2 Å². The summed E-state index contributed by atoms with van der Waals surface area (Å²) in [6.45, 7) is 1.37. The highest BCUT2D eigenvalue weighted by molar-refractivity contribution is 6.51. The first-order valence-electron chi connectivity index (χ1n) is 10.4. The van der Waals surface area contributed by atoms with Crippen molar-refractivity contribution < 1.29 is 24.4 Å². The largest absolute Gasteiger partial charge is 0.507 e. The number of aliphatic hydroxyl groups is 1. The fourth-order valence-corrected chi connectivity index (χ4v) is 3.99. The Labute approximate surface area is 204 Å². The molecular formula is C25H18ClN3O6. The number of halogens is 1. The molecule has 3 aromatic carbocycles. The predicted molar refractivity (Wildman–Crippen MR) is 130 cm³/mol. The Kier molecular flexibility index (Phi) is 6.35. The van der Waals surface area contributed by atoms with Crippen molar-refractivity contribution >= 4 is 52.0 Å². The molecule has 0 radical (unpaired) electrons. The monoisotopic (exact) mass is 491 g/mol.